The lowest BCUT2D eigenvalue weighted by atomic mass is 10.1. The first-order valence-electron chi connectivity index (χ1n) is 3.54. The zero-order valence-electron chi connectivity index (χ0n) is 6.21. The van der Waals surface area contributed by atoms with Gasteiger partial charge in [-0.1, -0.05) is 0 Å². The first kappa shape index (κ1) is 7.74. The van der Waals surface area contributed by atoms with Crippen LogP contribution in [0, 0.1) is 11.5 Å². The van der Waals surface area contributed by atoms with Gasteiger partial charge in [-0.3, -0.25) is 0 Å². The maximum absolute atomic E-state index is 8.57. The van der Waals surface area contributed by atoms with Gasteiger partial charge in [-0.05, 0) is 19.1 Å². The highest BCUT2D eigenvalue weighted by Crippen LogP contribution is 2.18. The summed E-state index contributed by atoms with van der Waals surface area (Å²) in [5.41, 5.74) is 0. The molecule has 0 N–H and O–H groups in total. The summed E-state index contributed by atoms with van der Waals surface area (Å²) < 4.78 is 0. The van der Waals surface area contributed by atoms with Gasteiger partial charge in [-0.15, -0.1) is 0 Å². The highest BCUT2D eigenvalue weighted by Gasteiger charge is 2.16. The first-order valence-corrected chi connectivity index (χ1v) is 4.83. The Balaban J connectivity index is 2.33. The highest BCUT2D eigenvalue weighted by molar-refractivity contribution is 7.99. The number of rotatable bonds is 1. The molecule has 1 saturated heterocycles. The quantitative estimate of drug-likeness (QED) is 0.535. The molecular formula is C7H12N2S. The minimum absolute atomic E-state index is 0.688. The molecule has 56 valence electrons. The molecule has 0 bridgehead atoms. The van der Waals surface area contributed by atoms with Crippen LogP contribution in [0.5, 0.6) is 0 Å². The summed E-state index contributed by atoms with van der Waals surface area (Å²) in [5.74, 6) is 0. The van der Waals surface area contributed by atoms with Gasteiger partial charge in [0.25, 0.3) is 0 Å². The van der Waals surface area contributed by atoms with E-state index in [1.807, 2.05) is 16.7 Å². The molecule has 2 nitrogen and oxygen atoms in total. The van der Waals surface area contributed by atoms with Crippen molar-refractivity contribution in [1.82, 2.24) is 4.90 Å². The Labute approximate surface area is 66.2 Å². The number of nitriles is 1. The van der Waals surface area contributed by atoms with Gasteiger partial charge in [-0.25, -0.2) is 0 Å². The SMILES string of the molecule is CSC1CCCN(C#N)C1. The molecular weight excluding hydrogens is 144 g/mol. The third-order valence-corrected chi connectivity index (χ3v) is 2.90. The van der Waals surface area contributed by atoms with Gasteiger partial charge < -0.3 is 4.90 Å². The van der Waals surface area contributed by atoms with Crippen molar-refractivity contribution in [2.45, 2.75) is 18.1 Å². The molecule has 0 amide bonds. The molecule has 1 unspecified atom stereocenters. The van der Waals surface area contributed by atoms with Crippen LogP contribution in [-0.4, -0.2) is 29.5 Å². The van der Waals surface area contributed by atoms with Crippen molar-refractivity contribution < 1.29 is 0 Å². The molecule has 1 atom stereocenters. The number of thioether (sulfide) groups is 1. The number of likely N-dealkylation sites (tertiary alicyclic amines) is 1. The maximum Gasteiger partial charge on any atom is 0.179 e. The van der Waals surface area contributed by atoms with Crippen LogP contribution in [0.1, 0.15) is 12.8 Å². The molecule has 0 saturated carbocycles. The van der Waals surface area contributed by atoms with Gasteiger partial charge in [0.1, 0.15) is 0 Å². The lowest BCUT2D eigenvalue weighted by Crippen LogP contribution is -2.33. The van der Waals surface area contributed by atoms with Gasteiger partial charge in [0.2, 0.25) is 0 Å². The molecule has 0 aromatic heterocycles. The molecule has 1 rings (SSSR count). The van der Waals surface area contributed by atoms with Gasteiger partial charge in [0.15, 0.2) is 6.19 Å². The van der Waals surface area contributed by atoms with E-state index in [-0.39, 0.29) is 0 Å². The van der Waals surface area contributed by atoms with Crippen LogP contribution in [0.25, 0.3) is 0 Å². The van der Waals surface area contributed by atoms with E-state index in [1.54, 1.807) is 0 Å². The number of hydrogen-bond acceptors (Lipinski definition) is 3. The van der Waals surface area contributed by atoms with Gasteiger partial charge in [-0.2, -0.15) is 17.0 Å². The normalized spacial score (nSPS) is 26.0. The smallest absolute Gasteiger partial charge is 0.179 e. The van der Waals surface area contributed by atoms with Crippen molar-refractivity contribution in [3.8, 4) is 6.19 Å². The minimum atomic E-state index is 0.688. The Hall–Kier alpha value is -0.360. The summed E-state index contributed by atoms with van der Waals surface area (Å²) in [6.45, 7) is 1.92. The Bertz CT molecular complexity index is 141. The molecule has 1 fully saturated rings. The van der Waals surface area contributed by atoms with Gasteiger partial charge >= 0.3 is 0 Å². The fraction of sp³-hybridized carbons (Fsp3) is 0.857. The van der Waals surface area contributed by atoms with Crippen LogP contribution in [0.15, 0.2) is 0 Å². The Morgan fingerprint density at radius 2 is 2.50 bits per heavy atom. The van der Waals surface area contributed by atoms with Gasteiger partial charge in [0, 0.05) is 18.3 Å². The van der Waals surface area contributed by atoms with Crippen LogP contribution in [-0.2, 0) is 0 Å². The molecule has 0 aliphatic carbocycles. The molecule has 0 radical (unpaired) electrons. The van der Waals surface area contributed by atoms with E-state index in [0.717, 1.165) is 13.1 Å². The molecule has 0 spiro atoms. The second-order valence-electron chi connectivity index (χ2n) is 2.55. The van der Waals surface area contributed by atoms with Crippen molar-refractivity contribution in [3.63, 3.8) is 0 Å². The summed E-state index contributed by atoms with van der Waals surface area (Å²) in [6, 6.07) is 0. The van der Waals surface area contributed by atoms with E-state index < -0.39 is 0 Å². The van der Waals surface area contributed by atoms with Crippen molar-refractivity contribution in [2.75, 3.05) is 19.3 Å². The summed E-state index contributed by atoms with van der Waals surface area (Å²) in [6.07, 6.45) is 6.76. The first-order chi connectivity index (χ1) is 4.86. The van der Waals surface area contributed by atoms with Crippen LogP contribution in [0.4, 0.5) is 0 Å². The van der Waals surface area contributed by atoms with Crippen molar-refractivity contribution in [3.05, 3.63) is 0 Å². The van der Waals surface area contributed by atoms with E-state index in [4.69, 9.17) is 5.26 Å². The lowest BCUT2D eigenvalue weighted by molar-refractivity contribution is 0.329. The maximum atomic E-state index is 8.57. The fourth-order valence-corrected chi connectivity index (χ4v) is 1.95. The standard InChI is InChI=1S/C7H12N2S/c1-10-7-3-2-4-9(5-7)6-8/h7H,2-5H2,1H3. The molecule has 10 heavy (non-hydrogen) atoms. The van der Waals surface area contributed by atoms with Crippen LogP contribution < -0.4 is 0 Å². The number of piperidine rings is 1. The minimum Gasteiger partial charge on any atom is -0.310 e. The van der Waals surface area contributed by atoms with Crippen LogP contribution >= 0.6 is 11.8 Å². The van der Waals surface area contributed by atoms with E-state index in [0.29, 0.717) is 5.25 Å². The summed E-state index contributed by atoms with van der Waals surface area (Å²) in [7, 11) is 0. The molecule has 0 aromatic carbocycles. The Kier molecular flexibility index (Phi) is 2.88. The Morgan fingerprint density at radius 1 is 1.70 bits per heavy atom. The summed E-state index contributed by atoms with van der Waals surface area (Å²) in [4.78, 5) is 1.85. The van der Waals surface area contributed by atoms with Crippen molar-refractivity contribution in [2.24, 2.45) is 0 Å². The van der Waals surface area contributed by atoms with Crippen LogP contribution in [0.2, 0.25) is 0 Å². The Morgan fingerprint density at radius 3 is 3.10 bits per heavy atom. The molecule has 1 heterocycles. The zero-order chi connectivity index (χ0) is 7.40. The number of hydrogen-bond donors (Lipinski definition) is 0. The largest absolute Gasteiger partial charge is 0.310 e. The highest BCUT2D eigenvalue weighted by atomic mass is 32.2. The average molecular weight is 156 g/mol. The monoisotopic (exact) mass is 156 g/mol. The van der Waals surface area contributed by atoms with E-state index in [9.17, 15) is 0 Å². The predicted octanol–water partition coefficient (Wildman–Crippen LogP) is 1.29. The summed E-state index contributed by atoms with van der Waals surface area (Å²) in [5, 5.41) is 9.26. The number of nitrogens with zero attached hydrogens (tertiary/aromatic N) is 2. The third-order valence-electron chi connectivity index (χ3n) is 1.85. The van der Waals surface area contributed by atoms with E-state index in [2.05, 4.69) is 12.4 Å². The molecule has 3 heteroatoms. The van der Waals surface area contributed by atoms with Crippen molar-refractivity contribution >= 4 is 11.8 Å². The van der Waals surface area contributed by atoms with E-state index >= 15 is 0 Å². The zero-order valence-corrected chi connectivity index (χ0v) is 7.02. The predicted molar refractivity (Wildman–Crippen MR) is 43.7 cm³/mol. The average Bonchev–Trinajstić information content (AvgIpc) is 2.05. The van der Waals surface area contributed by atoms with Gasteiger partial charge in [0.05, 0.1) is 0 Å². The molecule has 1 aliphatic rings. The van der Waals surface area contributed by atoms with Crippen molar-refractivity contribution in [1.29, 1.82) is 5.26 Å². The topological polar surface area (TPSA) is 27.0 Å². The second-order valence-corrected chi connectivity index (χ2v) is 3.68. The summed E-state index contributed by atoms with van der Waals surface area (Å²) >= 11 is 1.87. The van der Waals surface area contributed by atoms with E-state index in [1.165, 1.54) is 12.8 Å². The second kappa shape index (κ2) is 3.72. The lowest BCUT2D eigenvalue weighted by Gasteiger charge is -2.27. The fourth-order valence-electron chi connectivity index (χ4n) is 1.22. The third kappa shape index (κ3) is 1.81. The molecule has 0 aromatic rings. The molecule has 1 aliphatic heterocycles. The van der Waals surface area contributed by atoms with Crippen LogP contribution in [0.3, 0.4) is 0 Å².